The molecule has 3 rings (SSSR count). The lowest BCUT2D eigenvalue weighted by atomic mass is 10.1. The summed E-state index contributed by atoms with van der Waals surface area (Å²) >= 11 is 0. The Morgan fingerprint density at radius 2 is 1.84 bits per heavy atom. The molecule has 0 unspecified atom stereocenters. The van der Waals surface area contributed by atoms with E-state index in [0.29, 0.717) is 12.6 Å². The third-order valence-electron chi connectivity index (χ3n) is 4.17. The average molecular weight is 258 g/mol. The molecule has 0 atom stereocenters. The van der Waals surface area contributed by atoms with Crippen LogP contribution >= 0.6 is 0 Å². The number of carbonyl (C=O) groups is 1. The highest BCUT2D eigenvalue weighted by Gasteiger charge is 2.42. The maximum atomic E-state index is 12.0. The molecule has 2 aliphatic carbocycles. The Morgan fingerprint density at radius 3 is 2.42 bits per heavy atom. The molecule has 2 fully saturated rings. The van der Waals surface area contributed by atoms with E-state index in [9.17, 15) is 4.79 Å². The van der Waals surface area contributed by atoms with Gasteiger partial charge in [-0.2, -0.15) is 0 Å². The van der Waals surface area contributed by atoms with E-state index in [1.165, 1.54) is 31.2 Å². The molecule has 0 bridgehead atoms. The molecule has 1 aromatic rings. The van der Waals surface area contributed by atoms with Crippen molar-refractivity contribution in [2.75, 3.05) is 11.9 Å². The van der Waals surface area contributed by atoms with Crippen LogP contribution in [-0.2, 0) is 4.79 Å². The number of benzene rings is 1. The number of carbonyl (C=O) groups excluding carboxylic acids is 1. The minimum Gasteiger partial charge on any atom is -0.376 e. The normalized spacial score (nSPS) is 18.4. The summed E-state index contributed by atoms with van der Waals surface area (Å²) in [6.07, 6.45) is 5.19. The standard InChI is InChI=1S/C16H22N2O/c1-11-4-2-3-5-14(11)17-10-15(19)18-16(12-6-7-12)13-8-9-13/h2-5,12-13,16-17H,6-10H2,1H3,(H,18,19). The lowest BCUT2D eigenvalue weighted by Gasteiger charge is -2.18. The highest BCUT2D eigenvalue weighted by Crippen LogP contribution is 2.44. The SMILES string of the molecule is Cc1ccccc1NCC(=O)NC(C1CC1)C1CC1. The number of nitrogens with one attached hydrogen (secondary N) is 2. The van der Waals surface area contributed by atoms with E-state index in [1.54, 1.807) is 0 Å². The fourth-order valence-electron chi connectivity index (χ4n) is 2.71. The third kappa shape index (κ3) is 3.28. The molecule has 2 aliphatic rings. The van der Waals surface area contributed by atoms with Crippen LogP contribution in [0, 0.1) is 18.8 Å². The molecule has 1 aromatic carbocycles. The van der Waals surface area contributed by atoms with Crippen molar-refractivity contribution in [2.45, 2.75) is 38.6 Å². The summed E-state index contributed by atoms with van der Waals surface area (Å²) in [4.78, 5) is 12.0. The first-order chi connectivity index (χ1) is 9.24. The smallest absolute Gasteiger partial charge is 0.239 e. The van der Waals surface area contributed by atoms with E-state index in [1.807, 2.05) is 18.2 Å². The van der Waals surface area contributed by atoms with Gasteiger partial charge in [-0.25, -0.2) is 0 Å². The van der Waals surface area contributed by atoms with Crippen LogP contribution < -0.4 is 10.6 Å². The van der Waals surface area contributed by atoms with Crippen molar-refractivity contribution in [3.8, 4) is 0 Å². The van der Waals surface area contributed by atoms with Crippen molar-refractivity contribution < 1.29 is 4.79 Å². The monoisotopic (exact) mass is 258 g/mol. The molecule has 2 N–H and O–H groups in total. The van der Waals surface area contributed by atoms with E-state index in [2.05, 4.69) is 23.6 Å². The number of rotatable bonds is 6. The summed E-state index contributed by atoms with van der Waals surface area (Å²) in [5, 5.41) is 6.45. The van der Waals surface area contributed by atoms with Crippen molar-refractivity contribution in [1.82, 2.24) is 5.32 Å². The van der Waals surface area contributed by atoms with E-state index in [-0.39, 0.29) is 5.91 Å². The molecule has 0 radical (unpaired) electrons. The maximum Gasteiger partial charge on any atom is 0.239 e. The van der Waals surface area contributed by atoms with Gasteiger partial charge >= 0.3 is 0 Å². The quantitative estimate of drug-likeness (QED) is 0.823. The second-order valence-corrected chi connectivity index (χ2v) is 5.94. The van der Waals surface area contributed by atoms with Crippen LogP contribution in [0.25, 0.3) is 0 Å². The van der Waals surface area contributed by atoms with E-state index < -0.39 is 0 Å². The summed E-state index contributed by atoms with van der Waals surface area (Å²) in [6.45, 7) is 2.43. The summed E-state index contributed by atoms with van der Waals surface area (Å²) in [5.74, 6) is 1.65. The van der Waals surface area contributed by atoms with Gasteiger partial charge in [0, 0.05) is 11.7 Å². The van der Waals surface area contributed by atoms with Crippen molar-refractivity contribution >= 4 is 11.6 Å². The van der Waals surface area contributed by atoms with E-state index in [4.69, 9.17) is 0 Å². The van der Waals surface area contributed by atoms with Crippen LogP contribution in [0.5, 0.6) is 0 Å². The van der Waals surface area contributed by atoms with Gasteiger partial charge in [0.1, 0.15) is 0 Å². The molecule has 0 heterocycles. The molecular weight excluding hydrogens is 236 g/mol. The summed E-state index contributed by atoms with van der Waals surface area (Å²) in [6, 6.07) is 8.52. The largest absolute Gasteiger partial charge is 0.376 e. The Labute approximate surface area is 114 Å². The molecule has 19 heavy (non-hydrogen) atoms. The molecule has 0 aliphatic heterocycles. The van der Waals surface area contributed by atoms with E-state index >= 15 is 0 Å². The molecule has 0 saturated heterocycles. The number of hydrogen-bond donors (Lipinski definition) is 2. The number of para-hydroxylation sites is 1. The molecule has 2 saturated carbocycles. The Kier molecular flexibility index (Phi) is 3.45. The van der Waals surface area contributed by atoms with Gasteiger partial charge in [-0.05, 0) is 56.1 Å². The fraction of sp³-hybridized carbons (Fsp3) is 0.562. The molecular formula is C16H22N2O. The van der Waals surface area contributed by atoms with Gasteiger partial charge in [0.2, 0.25) is 5.91 Å². The molecule has 3 nitrogen and oxygen atoms in total. The topological polar surface area (TPSA) is 41.1 Å². The first-order valence-corrected chi connectivity index (χ1v) is 7.33. The van der Waals surface area contributed by atoms with Crippen LogP contribution in [0.3, 0.4) is 0 Å². The zero-order valence-corrected chi connectivity index (χ0v) is 11.5. The second kappa shape index (κ2) is 5.24. The van der Waals surface area contributed by atoms with Crippen LogP contribution in [-0.4, -0.2) is 18.5 Å². The van der Waals surface area contributed by atoms with Gasteiger partial charge in [0.05, 0.1) is 6.54 Å². The lowest BCUT2D eigenvalue weighted by Crippen LogP contribution is -2.41. The van der Waals surface area contributed by atoms with Crippen molar-refractivity contribution in [2.24, 2.45) is 11.8 Å². The number of hydrogen-bond acceptors (Lipinski definition) is 2. The lowest BCUT2D eigenvalue weighted by molar-refractivity contribution is -0.120. The minimum atomic E-state index is 0.132. The predicted molar refractivity (Wildman–Crippen MR) is 77.0 cm³/mol. The van der Waals surface area contributed by atoms with Gasteiger partial charge in [-0.15, -0.1) is 0 Å². The highest BCUT2D eigenvalue weighted by atomic mass is 16.2. The van der Waals surface area contributed by atoms with Crippen LogP contribution in [0.1, 0.15) is 31.2 Å². The number of aryl methyl sites for hydroxylation is 1. The average Bonchev–Trinajstić information content (AvgIpc) is 3.28. The summed E-state index contributed by atoms with van der Waals surface area (Å²) < 4.78 is 0. The predicted octanol–water partition coefficient (Wildman–Crippen LogP) is 2.71. The van der Waals surface area contributed by atoms with Gasteiger partial charge in [0.25, 0.3) is 0 Å². The fourth-order valence-corrected chi connectivity index (χ4v) is 2.71. The van der Waals surface area contributed by atoms with Gasteiger partial charge in [-0.1, -0.05) is 18.2 Å². The molecule has 1 amide bonds. The Bertz CT molecular complexity index is 452. The van der Waals surface area contributed by atoms with Crippen molar-refractivity contribution in [3.05, 3.63) is 29.8 Å². The third-order valence-corrected chi connectivity index (χ3v) is 4.17. The van der Waals surface area contributed by atoms with Crippen LogP contribution in [0.15, 0.2) is 24.3 Å². The number of anilines is 1. The van der Waals surface area contributed by atoms with Gasteiger partial charge < -0.3 is 10.6 Å². The zero-order valence-electron chi connectivity index (χ0n) is 11.5. The second-order valence-electron chi connectivity index (χ2n) is 5.94. The summed E-state index contributed by atoms with van der Waals surface area (Å²) in [7, 11) is 0. The maximum absolute atomic E-state index is 12.0. The minimum absolute atomic E-state index is 0.132. The van der Waals surface area contributed by atoms with Gasteiger partial charge in [0.15, 0.2) is 0 Å². The van der Waals surface area contributed by atoms with Crippen LogP contribution in [0.4, 0.5) is 5.69 Å². The molecule has 0 aromatic heterocycles. The zero-order chi connectivity index (χ0) is 13.2. The van der Waals surface area contributed by atoms with E-state index in [0.717, 1.165) is 17.5 Å². The first-order valence-electron chi connectivity index (χ1n) is 7.33. The van der Waals surface area contributed by atoms with Crippen molar-refractivity contribution in [3.63, 3.8) is 0 Å². The van der Waals surface area contributed by atoms with Gasteiger partial charge in [-0.3, -0.25) is 4.79 Å². The highest BCUT2D eigenvalue weighted by molar-refractivity contribution is 5.81. The Hall–Kier alpha value is -1.51. The van der Waals surface area contributed by atoms with Crippen molar-refractivity contribution in [1.29, 1.82) is 0 Å². The van der Waals surface area contributed by atoms with Crippen LogP contribution in [0.2, 0.25) is 0 Å². The summed E-state index contributed by atoms with van der Waals surface area (Å²) in [5.41, 5.74) is 2.23. The Balaban J connectivity index is 1.49. The molecule has 102 valence electrons. The Morgan fingerprint density at radius 1 is 1.21 bits per heavy atom. The first kappa shape index (κ1) is 12.5. The molecule has 0 spiro atoms. The number of amides is 1. The molecule has 3 heteroatoms.